The predicted octanol–water partition coefficient (Wildman–Crippen LogP) is 0.475. The number of hydrogen-bond donors (Lipinski definition) is 2. The van der Waals surface area contributed by atoms with E-state index in [1.54, 1.807) is 0 Å². The van der Waals surface area contributed by atoms with Crippen LogP contribution < -0.4 is 5.14 Å². The van der Waals surface area contributed by atoms with Crippen molar-refractivity contribution in [3.8, 4) is 0 Å². The van der Waals surface area contributed by atoms with Crippen molar-refractivity contribution in [1.29, 1.82) is 0 Å². The summed E-state index contributed by atoms with van der Waals surface area (Å²) >= 11 is 0. The van der Waals surface area contributed by atoms with Gasteiger partial charge in [0.1, 0.15) is 0 Å². The lowest BCUT2D eigenvalue weighted by Gasteiger charge is -2.20. The second-order valence-corrected chi connectivity index (χ2v) is 4.89. The number of rotatable bonds is 5. The highest BCUT2D eigenvalue weighted by atomic mass is 32.2. The van der Waals surface area contributed by atoms with Gasteiger partial charge in [-0.05, 0) is 0 Å². The number of amides is 1. The molecule has 1 amide bonds. The molecule has 1 rings (SSSR count). The number of hydrogen-bond acceptors (Lipinski definition) is 5. The summed E-state index contributed by atoms with van der Waals surface area (Å²) in [4.78, 5) is 10.5. The summed E-state index contributed by atoms with van der Waals surface area (Å²) in [5.41, 5.74) is 0. The van der Waals surface area contributed by atoms with Gasteiger partial charge in [-0.3, -0.25) is 0 Å². The molecule has 0 spiro atoms. The van der Waals surface area contributed by atoms with Gasteiger partial charge < -0.3 is 14.6 Å². The highest BCUT2D eigenvalue weighted by Gasteiger charge is 2.26. The SMILES string of the molecule is COC(CN(C(=O)O)S(N)(=O)=O)OC.c1ccccc1. The van der Waals surface area contributed by atoms with E-state index in [2.05, 4.69) is 14.6 Å². The molecule has 3 N–H and O–H groups in total. The van der Waals surface area contributed by atoms with Crippen molar-refractivity contribution in [3.63, 3.8) is 0 Å². The van der Waals surface area contributed by atoms with Crippen molar-refractivity contribution < 1.29 is 27.8 Å². The third-order valence-electron chi connectivity index (χ3n) is 2.03. The topological polar surface area (TPSA) is 119 Å². The number of carbonyl (C=O) groups is 1. The molecule has 20 heavy (non-hydrogen) atoms. The normalized spacial score (nSPS) is 10.6. The van der Waals surface area contributed by atoms with E-state index in [1.807, 2.05) is 36.4 Å². The molecule has 9 heteroatoms. The Labute approximate surface area is 117 Å². The summed E-state index contributed by atoms with van der Waals surface area (Å²) in [7, 11) is -1.81. The molecule has 1 aromatic rings. The van der Waals surface area contributed by atoms with Crippen LogP contribution in [0.3, 0.4) is 0 Å². The van der Waals surface area contributed by atoms with Crippen LogP contribution in [0.15, 0.2) is 36.4 Å². The molecular formula is C11H18N2O6S. The molecule has 0 radical (unpaired) electrons. The smallest absolute Gasteiger partial charge is 0.422 e. The summed E-state index contributed by atoms with van der Waals surface area (Å²) in [6.45, 7) is -0.513. The van der Waals surface area contributed by atoms with Gasteiger partial charge in [0, 0.05) is 14.2 Å². The number of nitrogens with two attached hydrogens (primary N) is 1. The molecule has 1 aromatic carbocycles. The second-order valence-electron chi connectivity index (χ2n) is 3.41. The molecule has 0 heterocycles. The van der Waals surface area contributed by atoms with Crippen LogP contribution in [-0.2, 0) is 19.7 Å². The van der Waals surface area contributed by atoms with E-state index in [-0.39, 0.29) is 4.31 Å². The zero-order chi connectivity index (χ0) is 15.6. The van der Waals surface area contributed by atoms with E-state index in [0.29, 0.717) is 0 Å². The Morgan fingerprint density at radius 2 is 1.50 bits per heavy atom. The monoisotopic (exact) mass is 306 g/mol. The van der Waals surface area contributed by atoms with Crippen LogP contribution in [-0.4, -0.2) is 51.0 Å². The Morgan fingerprint density at radius 1 is 1.15 bits per heavy atom. The largest absolute Gasteiger partial charge is 0.464 e. The van der Waals surface area contributed by atoms with Crippen LogP contribution in [0.4, 0.5) is 4.79 Å². The molecule has 0 atom stereocenters. The summed E-state index contributed by atoms with van der Waals surface area (Å²) in [5, 5.41) is 13.1. The van der Waals surface area contributed by atoms with Crippen LogP contribution in [0, 0.1) is 0 Å². The molecule has 0 saturated heterocycles. The fraction of sp³-hybridized carbons (Fsp3) is 0.364. The average Bonchev–Trinajstić information content (AvgIpc) is 2.41. The van der Waals surface area contributed by atoms with Crippen molar-refractivity contribution >= 4 is 16.3 Å². The average molecular weight is 306 g/mol. The van der Waals surface area contributed by atoms with Gasteiger partial charge in [-0.2, -0.15) is 12.7 Å². The van der Waals surface area contributed by atoms with Crippen molar-refractivity contribution in [3.05, 3.63) is 36.4 Å². The number of methoxy groups -OCH3 is 2. The molecule has 0 bridgehead atoms. The minimum Gasteiger partial charge on any atom is -0.464 e. The summed E-state index contributed by atoms with van der Waals surface area (Å²) < 4.78 is 30.8. The van der Waals surface area contributed by atoms with Gasteiger partial charge in [-0.15, -0.1) is 0 Å². The lowest BCUT2D eigenvalue weighted by atomic mass is 10.4. The Hall–Kier alpha value is -1.68. The maximum Gasteiger partial charge on any atom is 0.422 e. The zero-order valence-corrected chi connectivity index (χ0v) is 12.0. The number of carboxylic acid groups (broad SMARTS) is 1. The first-order chi connectivity index (χ1) is 9.32. The molecule has 0 saturated carbocycles. The molecule has 0 aromatic heterocycles. The number of nitrogens with zero attached hydrogens (tertiary/aromatic N) is 1. The quantitative estimate of drug-likeness (QED) is 0.763. The van der Waals surface area contributed by atoms with Crippen LogP contribution in [0.2, 0.25) is 0 Å². The van der Waals surface area contributed by atoms with Gasteiger partial charge in [0.25, 0.3) is 0 Å². The highest BCUT2D eigenvalue weighted by Crippen LogP contribution is 2.01. The molecule has 0 aliphatic heterocycles. The van der Waals surface area contributed by atoms with E-state index < -0.39 is 29.1 Å². The Bertz CT molecular complexity index is 448. The van der Waals surface area contributed by atoms with E-state index >= 15 is 0 Å². The lowest BCUT2D eigenvalue weighted by Crippen LogP contribution is -2.45. The second kappa shape index (κ2) is 9.26. The van der Waals surface area contributed by atoms with Gasteiger partial charge in [-0.1, -0.05) is 36.4 Å². The highest BCUT2D eigenvalue weighted by molar-refractivity contribution is 7.87. The Morgan fingerprint density at radius 3 is 1.70 bits per heavy atom. The summed E-state index contributed by atoms with van der Waals surface area (Å²) in [5.74, 6) is 0. The van der Waals surface area contributed by atoms with Crippen molar-refractivity contribution in [1.82, 2.24) is 4.31 Å². The first-order valence-electron chi connectivity index (χ1n) is 5.42. The number of ether oxygens (including phenoxy) is 2. The third-order valence-corrected chi connectivity index (χ3v) is 2.95. The first kappa shape index (κ1) is 18.3. The predicted molar refractivity (Wildman–Crippen MR) is 72.1 cm³/mol. The molecule has 114 valence electrons. The Kier molecular flexibility index (Phi) is 8.48. The maximum atomic E-state index is 10.8. The molecular weight excluding hydrogens is 288 g/mol. The van der Waals surface area contributed by atoms with Crippen LogP contribution in [0.25, 0.3) is 0 Å². The fourth-order valence-corrected chi connectivity index (χ4v) is 1.60. The molecule has 0 unspecified atom stereocenters. The molecule has 0 aliphatic rings. The van der Waals surface area contributed by atoms with Gasteiger partial charge in [-0.25, -0.2) is 9.93 Å². The van der Waals surface area contributed by atoms with Crippen LogP contribution in [0.1, 0.15) is 0 Å². The summed E-state index contributed by atoms with van der Waals surface area (Å²) in [6.07, 6.45) is -2.67. The van der Waals surface area contributed by atoms with Crippen LogP contribution in [0.5, 0.6) is 0 Å². The standard InChI is InChI=1S/C6H6.C5H12N2O6S/c1-2-4-6-5-3-1;1-12-4(13-2)3-7(5(8)9)14(6,10)11/h1-6H;4H,3H2,1-2H3,(H,8,9)(H2,6,10,11). The molecule has 0 fully saturated rings. The van der Waals surface area contributed by atoms with Crippen molar-refractivity contribution in [2.75, 3.05) is 20.8 Å². The lowest BCUT2D eigenvalue weighted by molar-refractivity contribution is -0.106. The Balaban J connectivity index is 0.000000493. The van der Waals surface area contributed by atoms with Crippen molar-refractivity contribution in [2.24, 2.45) is 5.14 Å². The zero-order valence-electron chi connectivity index (χ0n) is 11.2. The van der Waals surface area contributed by atoms with E-state index in [0.717, 1.165) is 0 Å². The summed E-state index contributed by atoms with van der Waals surface area (Å²) in [6, 6.07) is 12.0. The first-order valence-corrected chi connectivity index (χ1v) is 6.92. The van der Waals surface area contributed by atoms with Gasteiger partial charge >= 0.3 is 16.3 Å². The van der Waals surface area contributed by atoms with E-state index in [9.17, 15) is 13.2 Å². The fourth-order valence-electron chi connectivity index (χ4n) is 1.06. The molecule has 0 aliphatic carbocycles. The maximum absolute atomic E-state index is 10.8. The van der Waals surface area contributed by atoms with Crippen molar-refractivity contribution in [2.45, 2.75) is 6.29 Å². The van der Waals surface area contributed by atoms with Gasteiger partial charge in [0.2, 0.25) is 0 Å². The van der Waals surface area contributed by atoms with Gasteiger partial charge in [0.05, 0.1) is 6.54 Å². The van der Waals surface area contributed by atoms with Gasteiger partial charge in [0.15, 0.2) is 6.29 Å². The third kappa shape index (κ3) is 7.69. The minimum atomic E-state index is -4.31. The van der Waals surface area contributed by atoms with E-state index in [4.69, 9.17) is 5.11 Å². The van der Waals surface area contributed by atoms with E-state index in [1.165, 1.54) is 14.2 Å². The minimum absolute atomic E-state index is 0.0324. The molecule has 8 nitrogen and oxygen atoms in total. The number of benzene rings is 1. The van der Waals surface area contributed by atoms with Crippen LogP contribution >= 0.6 is 0 Å².